The lowest BCUT2D eigenvalue weighted by molar-refractivity contribution is -0.123. The van der Waals surface area contributed by atoms with Crippen LogP contribution in [-0.4, -0.2) is 28.9 Å². The summed E-state index contributed by atoms with van der Waals surface area (Å²) in [6.45, 7) is 11.2. The molecule has 1 aromatic heterocycles. The summed E-state index contributed by atoms with van der Waals surface area (Å²) in [4.78, 5) is 12.1. The van der Waals surface area contributed by atoms with Gasteiger partial charge in [0, 0.05) is 11.1 Å². The van der Waals surface area contributed by atoms with Crippen molar-refractivity contribution in [2.75, 3.05) is 6.61 Å². The number of aromatic nitrogens is 2. The van der Waals surface area contributed by atoms with Crippen molar-refractivity contribution in [2.24, 2.45) is 10.5 Å². The molecule has 0 atom stereocenters. The summed E-state index contributed by atoms with van der Waals surface area (Å²) in [5, 5.41) is 11.0. The van der Waals surface area contributed by atoms with E-state index in [0.29, 0.717) is 5.75 Å². The van der Waals surface area contributed by atoms with Gasteiger partial charge in [0.15, 0.2) is 6.61 Å². The Kier molecular flexibility index (Phi) is 7.13. The van der Waals surface area contributed by atoms with E-state index in [1.807, 2.05) is 42.5 Å². The van der Waals surface area contributed by atoms with Gasteiger partial charge in [-0.15, -0.1) is 0 Å². The molecule has 6 nitrogen and oxygen atoms in total. The van der Waals surface area contributed by atoms with Gasteiger partial charge in [-0.25, -0.2) is 5.43 Å². The van der Waals surface area contributed by atoms with Crippen LogP contribution in [0.5, 0.6) is 5.75 Å². The first-order chi connectivity index (χ1) is 15.1. The first-order valence-corrected chi connectivity index (χ1v) is 10.8. The van der Waals surface area contributed by atoms with E-state index in [4.69, 9.17) is 4.74 Å². The smallest absolute Gasteiger partial charge is 0.277 e. The van der Waals surface area contributed by atoms with Crippen LogP contribution in [0, 0.1) is 5.41 Å². The number of carbonyl (C=O) groups excluding carboxylic acids is 1. The van der Waals surface area contributed by atoms with Crippen LogP contribution in [0.3, 0.4) is 0 Å². The second kappa shape index (κ2) is 9.81. The highest BCUT2D eigenvalue weighted by atomic mass is 16.5. The number of rotatable bonds is 8. The van der Waals surface area contributed by atoms with Gasteiger partial charge in [0.2, 0.25) is 0 Å². The van der Waals surface area contributed by atoms with Crippen LogP contribution in [-0.2, 0) is 10.2 Å². The van der Waals surface area contributed by atoms with Crippen LogP contribution in [0.4, 0.5) is 0 Å². The summed E-state index contributed by atoms with van der Waals surface area (Å²) in [6.07, 6.45) is 4.30. The van der Waals surface area contributed by atoms with Gasteiger partial charge in [0.1, 0.15) is 5.75 Å². The van der Waals surface area contributed by atoms with Gasteiger partial charge in [-0.2, -0.15) is 10.2 Å². The molecule has 1 amide bonds. The quantitative estimate of drug-likeness (QED) is 0.373. The van der Waals surface area contributed by atoms with E-state index in [2.05, 4.69) is 67.5 Å². The highest BCUT2D eigenvalue weighted by molar-refractivity contribution is 5.89. The molecule has 0 bridgehead atoms. The summed E-state index contributed by atoms with van der Waals surface area (Å²) in [5.41, 5.74) is 6.68. The number of carbonyl (C=O) groups is 1. The van der Waals surface area contributed by atoms with E-state index < -0.39 is 0 Å². The average Bonchev–Trinajstić information content (AvgIpc) is 3.20. The minimum atomic E-state index is -0.330. The third-order valence-corrected chi connectivity index (χ3v) is 5.10. The molecule has 0 radical (unpaired) electrons. The van der Waals surface area contributed by atoms with E-state index in [-0.39, 0.29) is 23.3 Å². The van der Waals surface area contributed by atoms with Gasteiger partial charge >= 0.3 is 0 Å². The minimum absolute atomic E-state index is 0.0640. The molecule has 32 heavy (non-hydrogen) atoms. The summed E-state index contributed by atoms with van der Waals surface area (Å²) in [5.74, 6) is 0.323. The van der Waals surface area contributed by atoms with Gasteiger partial charge < -0.3 is 4.74 Å². The zero-order valence-corrected chi connectivity index (χ0v) is 19.5. The largest absolute Gasteiger partial charge is 0.484 e. The number of amides is 1. The Hall–Kier alpha value is -3.41. The molecule has 3 aromatic rings. The fourth-order valence-electron chi connectivity index (χ4n) is 4.01. The molecule has 2 aromatic carbocycles. The maximum Gasteiger partial charge on any atom is 0.277 e. The highest BCUT2D eigenvalue weighted by Gasteiger charge is 2.27. The van der Waals surface area contributed by atoms with E-state index in [1.54, 1.807) is 12.4 Å². The molecule has 0 aliphatic rings. The fraction of sp³-hybridized carbons (Fsp3) is 0.346. The van der Waals surface area contributed by atoms with Gasteiger partial charge in [-0.05, 0) is 34.9 Å². The Balaban J connectivity index is 1.51. The van der Waals surface area contributed by atoms with Crippen molar-refractivity contribution in [1.82, 2.24) is 15.6 Å². The summed E-state index contributed by atoms with van der Waals surface area (Å²) < 4.78 is 5.61. The third kappa shape index (κ3) is 6.54. The number of benzene rings is 2. The monoisotopic (exact) mass is 432 g/mol. The van der Waals surface area contributed by atoms with Crippen molar-refractivity contribution in [1.29, 1.82) is 0 Å². The summed E-state index contributed by atoms with van der Waals surface area (Å²) in [6, 6.07) is 17.8. The molecule has 0 aliphatic carbocycles. The van der Waals surface area contributed by atoms with Crippen LogP contribution in [0.15, 0.2) is 65.9 Å². The molecule has 168 valence electrons. The van der Waals surface area contributed by atoms with Crippen LogP contribution in [0.1, 0.15) is 52.2 Å². The van der Waals surface area contributed by atoms with Gasteiger partial charge in [-0.3, -0.25) is 9.89 Å². The van der Waals surface area contributed by atoms with E-state index in [1.165, 1.54) is 5.56 Å². The maximum absolute atomic E-state index is 12.1. The molecular formula is C26H32N4O2. The Labute approximate surface area is 190 Å². The summed E-state index contributed by atoms with van der Waals surface area (Å²) in [7, 11) is 0. The number of ether oxygens (including phenoxy) is 1. The van der Waals surface area contributed by atoms with Crippen LogP contribution >= 0.6 is 0 Å². The SMILES string of the molecule is CC(C)(C)CC(C)(C)c1ccc(OCC(=O)N/N=C/c2cn[nH]c2-c2ccccc2)cc1. The predicted molar refractivity (Wildman–Crippen MR) is 129 cm³/mol. The van der Waals surface area contributed by atoms with E-state index in [9.17, 15) is 4.79 Å². The van der Waals surface area contributed by atoms with E-state index in [0.717, 1.165) is 23.2 Å². The van der Waals surface area contributed by atoms with Crippen molar-refractivity contribution in [3.05, 3.63) is 71.9 Å². The van der Waals surface area contributed by atoms with Gasteiger partial charge in [-0.1, -0.05) is 77.1 Å². The van der Waals surface area contributed by atoms with Crippen LogP contribution in [0.25, 0.3) is 11.3 Å². The molecule has 1 heterocycles. The Morgan fingerprint density at radius 2 is 1.75 bits per heavy atom. The van der Waals surface area contributed by atoms with Crippen LogP contribution < -0.4 is 10.2 Å². The second-order valence-electron chi connectivity index (χ2n) is 9.79. The van der Waals surface area contributed by atoms with Crippen molar-refractivity contribution < 1.29 is 9.53 Å². The summed E-state index contributed by atoms with van der Waals surface area (Å²) >= 11 is 0. The standard InChI is InChI=1S/C26H32N4O2/c1-25(2,3)18-26(4,5)21-11-13-22(14-12-21)32-17-23(31)29-27-15-20-16-28-30-24(20)19-9-7-6-8-10-19/h6-16H,17-18H2,1-5H3,(H,28,30)(H,29,31)/b27-15+. The average molecular weight is 433 g/mol. The predicted octanol–water partition coefficient (Wildman–Crippen LogP) is 5.32. The Bertz CT molecular complexity index is 1050. The number of hydrogen-bond acceptors (Lipinski definition) is 4. The lowest BCUT2D eigenvalue weighted by Crippen LogP contribution is -2.25. The molecule has 6 heteroatoms. The molecule has 0 spiro atoms. The topological polar surface area (TPSA) is 79.4 Å². The van der Waals surface area contributed by atoms with Crippen molar-refractivity contribution in [2.45, 2.75) is 46.5 Å². The second-order valence-corrected chi connectivity index (χ2v) is 9.79. The fourth-order valence-corrected chi connectivity index (χ4v) is 4.01. The lowest BCUT2D eigenvalue weighted by atomic mass is 9.72. The number of hydrazone groups is 1. The lowest BCUT2D eigenvalue weighted by Gasteiger charge is -2.33. The Morgan fingerprint density at radius 1 is 1.06 bits per heavy atom. The molecule has 0 fully saturated rings. The highest BCUT2D eigenvalue weighted by Crippen LogP contribution is 2.36. The van der Waals surface area contributed by atoms with Crippen molar-refractivity contribution in [3.8, 4) is 17.0 Å². The third-order valence-electron chi connectivity index (χ3n) is 5.10. The molecule has 0 aliphatic heterocycles. The zero-order valence-electron chi connectivity index (χ0n) is 19.5. The number of H-pyrrole nitrogens is 1. The maximum atomic E-state index is 12.1. The minimum Gasteiger partial charge on any atom is -0.484 e. The first-order valence-electron chi connectivity index (χ1n) is 10.8. The van der Waals surface area contributed by atoms with Crippen molar-refractivity contribution >= 4 is 12.1 Å². The van der Waals surface area contributed by atoms with Crippen LogP contribution in [0.2, 0.25) is 0 Å². The number of hydrogen-bond donors (Lipinski definition) is 2. The van der Waals surface area contributed by atoms with Gasteiger partial charge in [0.05, 0.1) is 18.1 Å². The first kappa shape index (κ1) is 23.3. The normalized spacial score (nSPS) is 12.2. The van der Waals surface area contributed by atoms with E-state index >= 15 is 0 Å². The molecular weight excluding hydrogens is 400 g/mol. The number of nitrogens with one attached hydrogen (secondary N) is 2. The number of nitrogens with zero attached hydrogens (tertiary/aromatic N) is 2. The molecule has 2 N–H and O–H groups in total. The zero-order chi connectivity index (χ0) is 23.2. The molecule has 0 saturated carbocycles. The number of aromatic amines is 1. The van der Waals surface area contributed by atoms with Crippen molar-refractivity contribution in [3.63, 3.8) is 0 Å². The molecule has 0 saturated heterocycles. The Morgan fingerprint density at radius 3 is 2.41 bits per heavy atom. The van der Waals surface area contributed by atoms with Gasteiger partial charge in [0.25, 0.3) is 5.91 Å². The molecule has 0 unspecified atom stereocenters. The molecule has 3 rings (SSSR count).